The fraction of sp³-hybridized carbons (Fsp3) is 0.727. The van der Waals surface area contributed by atoms with Crippen molar-refractivity contribution in [3.63, 3.8) is 0 Å². The molecule has 0 aromatic carbocycles. The number of aryl methyl sites for hydroxylation is 1. The van der Waals surface area contributed by atoms with Gasteiger partial charge in [0.1, 0.15) is 5.82 Å². The van der Waals surface area contributed by atoms with Crippen LogP contribution in [0.15, 0.2) is 12.4 Å². The number of nitrogens with zero attached hydrogens (tertiary/aromatic N) is 1. The van der Waals surface area contributed by atoms with E-state index in [9.17, 15) is 57.1 Å². The number of hydrogen-bond donors (Lipinski definition) is 1. The number of aromatic nitrogens is 2. The van der Waals surface area contributed by atoms with Gasteiger partial charge in [0.2, 0.25) is 0 Å². The van der Waals surface area contributed by atoms with Crippen LogP contribution in [0.3, 0.4) is 0 Å². The van der Waals surface area contributed by atoms with Gasteiger partial charge in [-0.2, -0.15) is 57.1 Å². The van der Waals surface area contributed by atoms with Crippen molar-refractivity contribution in [1.82, 2.24) is 9.97 Å². The van der Waals surface area contributed by atoms with E-state index in [1.807, 2.05) is 0 Å². The van der Waals surface area contributed by atoms with Crippen molar-refractivity contribution in [3.05, 3.63) is 18.2 Å². The quantitative estimate of drug-likeness (QED) is 0.620. The Kier molecular flexibility index (Phi) is 5.31. The van der Waals surface area contributed by atoms with Crippen LogP contribution in [0.25, 0.3) is 0 Å². The molecular formula is C11H7F13N2. The molecule has 0 unspecified atom stereocenters. The van der Waals surface area contributed by atoms with Crippen LogP contribution in [-0.2, 0) is 6.42 Å². The minimum Gasteiger partial charge on any atom is -0.349 e. The van der Waals surface area contributed by atoms with Crippen LogP contribution in [0.1, 0.15) is 12.2 Å². The van der Waals surface area contributed by atoms with Gasteiger partial charge in [-0.1, -0.05) is 0 Å². The first-order chi connectivity index (χ1) is 11.3. The first kappa shape index (κ1) is 22.3. The molecular weight excluding hydrogens is 407 g/mol. The predicted octanol–water partition coefficient (Wildman–Crippen LogP) is 5.08. The molecule has 0 fully saturated rings. The van der Waals surface area contributed by atoms with Gasteiger partial charge in [0, 0.05) is 25.2 Å². The molecule has 1 rings (SSSR count). The topological polar surface area (TPSA) is 28.7 Å². The normalized spacial score (nSPS) is 15.4. The van der Waals surface area contributed by atoms with Crippen molar-refractivity contribution >= 4 is 0 Å². The molecule has 0 radical (unpaired) electrons. The molecule has 2 nitrogen and oxygen atoms in total. The predicted molar refractivity (Wildman–Crippen MR) is 57.7 cm³/mol. The highest BCUT2D eigenvalue weighted by Gasteiger charge is 2.90. The van der Waals surface area contributed by atoms with E-state index >= 15 is 0 Å². The molecule has 0 aliphatic carbocycles. The lowest BCUT2D eigenvalue weighted by Crippen LogP contribution is -2.70. The molecule has 0 saturated heterocycles. The van der Waals surface area contributed by atoms with Crippen molar-refractivity contribution in [1.29, 1.82) is 0 Å². The van der Waals surface area contributed by atoms with Crippen molar-refractivity contribution < 1.29 is 57.1 Å². The van der Waals surface area contributed by atoms with E-state index in [1.54, 1.807) is 0 Å². The largest absolute Gasteiger partial charge is 0.460 e. The van der Waals surface area contributed by atoms with Crippen LogP contribution >= 0.6 is 0 Å². The molecule has 1 aromatic rings. The molecule has 26 heavy (non-hydrogen) atoms. The van der Waals surface area contributed by atoms with E-state index in [2.05, 4.69) is 9.97 Å². The Morgan fingerprint density at radius 1 is 0.692 bits per heavy atom. The Morgan fingerprint density at radius 2 is 1.15 bits per heavy atom. The zero-order valence-corrected chi connectivity index (χ0v) is 11.9. The number of halogens is 13. The molecule has 0 atom stereocenters. The van der Waals surface area contributed by atoms with Crippen LogP contribution in [0, 0.1) is 0 Å². The zero-order chi connectivity index (χ0) is 20.8. The molecule has 0 aliphatic rings. The number of rotatable bonds is 7. The summed E-state index contributed by atoms with van der Waals surface area (Å²) in [5.41, 5.74) is 0. The highest BCUT2D eigenvalue weighted by atomic mass is 19.4. The summed E-state index contributed by atoms with van der Waals surface area (Å²) >= 11 is 0. The first-order valence-electron chi connectivity index (χ1n) is 6.27. The first-order valence-corrected chi connectivity index (χ1v) is 6.27. The van der Waals surface area contributed by atoms with Gasteiger partial charge in [0.25, 0.3) is 0 Å². The summed E-state index contributed by atoms with van der Waals surface area (Å²) in [4.78, 5) is 5.33. The summed E-state index contributed by atoms with van der Waals surface area (Å²) in [6.45, 7) is 0. The van der Waals surface area contributed by atoms with Crippen molar-refractivity contribution in [2.45, 2.75) is 48.6 Å². The highest BCUT2D eigenvalue weighted by Crippen LogP contribution is 2.60. The Morgan fingerprint density at radius 3 is 1.54 bits per heavy atom. The second-order valence-electron chi connectivity index (χ2n) is 5.04. The molecule has 0 saturated carbocycles. The second-order valence-corrected chi connectivity index (χ2v) is 5.04. The summed E-state index contributed by atoms with van der Waals surface area (Å²) in [7, 11) is 0. The summed E-state index contributed by atoms with van der Waals surface area (Å²) < 4.78 is 166. The van der Waals surface area contributed by atoms with Crippen molar-refractivity contribution in [2.24, 2.45) is 0 Å². The molecule has 0 aliphatic heterocycles. The van der Waals surface area contributed by atoms with Gasteiger partial charge < -0.3 is 4.98 Å². The van der Waals surface area contributed by atoms with E-state index in [-0.39, 0.29) is 0 Å². The maximum atomic E-state index is 13.4. The van der Waals surface area contributed by atoms with Crippen LogP contribution in [0.4, 0.5) is 57.1 Å². The third-order valence-electron chi connectivity index (χ3n) is 3.23. The average molecular weight is 414 g/mol. The number of alkyl halides is 13. The van der Waals surface area contributed by atoms with E-state index in [4.69, 9.17) is 0 Å². The van der Waals surface area contributed by atoms with E-state index in [1.165, 1.54) is 0 Å². The zero-order valence-electron chi connectivity index (χ0n) is 11.9. The number of H-pyrrole nitrogens is 1. The lowest BCUT2D eigenvalue weighted by atomic mass is 9.92. The van der Waals surface area contributed by atoms with Gasteiger partial charge in [0.15, 0.2) is 0 Å². The van der Waals surface area contributed by atoms with Crippen molar-refractivity contribution in [3.8, 4) is 0 Å². The Balaban J connectivity index is 3.25. The Hall–Kier alpha value is -1.70. The third-order valence-corrected chi connectivity index (χ3v) is 3.23. The lowest BCUT2D eigenvalue weighted by molar-refractivity contribution is -0.440. The van der Waals surface area contributed by atoms with Gasteiger partial charge in [-0.3, -0.25) is 0 Å². The van der Waals surface area contributed by atoms with E-state index in [0.29, 0.717) is 0 Å². The van der Waals surface area contributed by atoms with Gasteiger partial charge in [-0.25, -0.2) is 4.98 Å². The summed E-state index contributed by atoms with van der Waals surface area (Å²) in [6.07, 6.45) is -8.99. The fourth-order valence-electron chi connectivity index (χ4n) is 1.67. The Labute approximate surface area is 135 Å². The van der Waals surface area contributed by atoms with Crippen molar-refractivity contribution in [2.75, 3.05) is 0 Å². The maximum absolute atomic E-state index is 13.4. The van der Waals surface area contributed by atoms with Crippen LogP contribution in [-0.4, -0.2) is 45.8 Å². The third kappa shape index (κ3) is 3.19. The minimum absolute atomic E-state index is 0.476. The standard InChI is InChI=1S/C11H7F13N2/c12-6(13,2-1-5-25-3-4-26-5)7(14,15)8(16,17)9(18,19)10(20,21)11(22,23)24/h3-4H,1-2H2,(H,25,26). The minimum atomic E-state index is -7.87. The highest BCUT2D eigenvalue weighted by molar-refractivity contribution is 5.10. The molecule has 0 amide bonds. The summed E-state index contributed by atoms with van der Waals surface area (Å²) in [5.74, 6) is -37.1. The van der Waals surface area contributed by atoms with E-state index < -0.39 is 54.5 Å². The SMILES string of the molecule is FC(F)(F)C(F)(F)C(F)(F)C(F)(F)C(F)(F)C(F)(F)CCc1ncc[nH]1. The summed E-state index contributed by atoms with van der Waals surface area (Å²) in [6, 6.07) is 0. The number of aromatic amines is 1. The average Bonchev–Trinajstić information content (AvgIpc) is 2.96. The molecule has 152 valence electrons. The molecule has 0 spiro atoms. The molecule has 15 heteroatoms. The van der Waals surface area contributed by atoms with E-state index in [0.717, 1.165) is 12.4 Å². The lowest BCUT2D eigenvalue weighted by Gasteiger charge is -2.39. The molecule has 1 aromatic heterocycles. The Bertz CT molecular complexity index is 602. The smallest absolute Gasteiger partial charge is 0.349 e. The molecule has 1 heterocycles. The number of nitrogens with one attached hydrogen (secondary N) is 1. The second kappa shape index (κ2) is 6.18. The van der Waals surface area contributed by atoms with Crippen LogP contribution in [0.2, 0.25) is 0 Å². The maximum Gasteiger partial charge on any atom is 0.460 e. The van der Waals surface area contributed by atoms with Gasteiger partial charge in [-0.15, -0.1) is 0 Å². The number of imidazole rings is 1. The monoisotopic (exact) mass is 414 g/mol. The number of hydrogen-bond acceptors (Lipinski definition) is 1. The van der Waals surface area contributed by atoms with Crippen LogP contribution < -0.4 is 0 Å². The summed E-state index contributed by atoms with van der Waals surface area (Å²) in [5, 5.41) is 0. The molecule has 0 bridgehead atoms. The molecule has 1 N–H and O–H groups in total. The van der Waals surface area contributed by atoms with Gasteiger partial charge in [-0.05, 0) is 0 Å². The van der Waals surface area contributed by atoms with Crippen LogP contribution in [0.5, 0.6) is 0 Å². The van der Waals surface area contributed by atoms with Gasteiger partial charge in [0.05, 0.1) is 0 Å². The van der Waals surface area contributed by atoms with Gasteiger partial charge >= 0.3 is 35.8 Å². The fourth-order valence-corrected chi connectivity index (χ4v) is 1.67.